The van der Waals surface area contributed by atoms with Gasteiger partial charge in [-0.25, -0.2) is 4.98 Å². The number of hydrogen-bond acceptors (Lipinski definition) is 2. The highest BCUT2D eigenvalue weighted by atomic mass is 16.5. The summed E-state index contributed by atoms with van der Waals surface area (Å²) in [6.07, 6.45) is 8.52. The van der Waals surface area contributed by atoms with E-state index in [4.69, 9.17) is 9.72 Å². The molecule has 11 rings (SSSR count). The van der Waals surface area contributed by atoms with E-state index in [2.05, 4.69) is 207 Å². The monoisotopic (exact) mass is 870 g/mol. The minimum Gasteiger partial charge on any atom is -0.457 e. The molecule has 5 heteroatoms. The highest BCUT2D eigenvalue weighted by Crippen LogP contribution is 2.75. The summed E-state index contributed by atoms with van der Waals surface area (Å²) in [6.45, 7) is 23.3. The number of benzene rings is 6. The van der Waals surface area contributed by atoms with Crippen molar-refractivity contribution < 1.29 is 4.74 Å². The van der Waals surface area contributed by atoms with Gasteiger partial charge in [-0.05, 0) is 117 Å². The van der Waals surface area contributed by atoms with Gasteiger partial charge >= 0.3 is 0 Å². The molecule has 0 bridgehead atoms. The van der Waals surface area contributed by atoms with Crippen LogP contribution in [0.5, 0.6) is 11.5 Å². The van der Waals surface area contributed by atoms with Crippen LogP contribution in [-0.2, 0) is 5.41 Å². The molecule has 3 aliphatic rings. The van der Waals surface area contributed by atoms with Gasteiger partial charge in [0.2, 0.25) is 11.4 Å². The van der Waals surface area contributed by atoms with Crippen molar-refractivity contribution in [3.63, 3.8) is 0 Å². The van der Waals surface area contributed by atoms with Crippen LogP contribution in [0.1, 0.15) is 146 Å². The van der Waals surface area contributed by atoms with Crippen LogP contribution in [0.25, 0.3) is 38.8 Å². The van der Waals surface area contributed by atoms with Crippen molar-refractivity contribution in [2.75, 3.05) is 0 Å². The molecule has 1 unspecified atom stereocenters. The number of quaternary nitrogens is 2. The van der Waals surface area contributed by atoms with E-state index in [1.165, 1.54) is 105 Å². The Morgan fingerprint density at radius 2 is 1.29 bits per heavy atom. The van der Waals surface area contributed by atoms with Gasteiger partial charge in [0, 0.05) is 59.4 Å². The van der Waals surface area contributed by atoms with Gasteiger partial charge in [0.05, 0.1) is 11.0 Å². The topological polar surface area (TPSA) is 27.1 Å². The van der Waals surface area contributed by atoms with Crippen molar-refractivity contribution in [1.82, 2.24) is 18.7 Å². The average Bonchev–Trinajstić information content (AvgIpc) is 3.81. The summed E-state index contributed by atoms with van der Waals surface area (Å²) >= 11 is 0. The van der Waals surface area contributed by atoms with Crippen LogP contribution < -0.4 is 13.9 Å². The predicted octanol–water partition coefficient (Wildman–Crippen LogP) is 17.7. The lowest BCUT2D eigenvalue weighted by atomic mass is 9.81. The van der Waals surface area contributed by atoms with Crippen molar-refractivity contribution in [1.29, 1.82) is 0 Å². The summed E-state index contributed by atoms with van der Waals surface area (Å²) in [5, 5.41) is 2.38. The molecule has 334 valence electrons. The van der Waals surface area contributed by atoms with Crippen LogP contribution in [0.3, 0.4) is 0 Å². The molecular formula is C61H65N4O+. The van der Waals surface area contributed by atoms with E-state index >= 15 is 0 Å². The van der Waals surface area contributed by atoms with Gasteiger partial charge in [0.1, 0.15) is 17.3 Å². The Morgan fingerprint density at radius 3 is 1.98 bits per heavy atom. The van der Waals surface area contributed by atoms with Gasteiger partial charge in [-0.2, -0.15) is 9.18 Å². The minimum atomic E-state index is -0.0140. The van der Waals surface area contributed by atoms with Crippen LogP contribution in [0.15, 0.2) is 140 Å². The standard InChI is InChI=1S/C61H65N4O/c1-39(2)44-33-53(40(3)4)60(54(34-44)41(5)6)45-31-48(65-38-64(65,57-24-15-16-25-58(57)65)47-21-17-20-43(30-47)42-18-11-10-12-19-42)36-50(32-45)66-49-26-27-52-51-22-13-14-23-55(51)63(56(52)37-49)59-35-46(28-29-62-59)61(7,8)9/h13-17,20-42H,10-12,18-19H2,1-9H3/q+1/t64-,65?/m0/s1. The Bertz CT molecular complexity index is 3150. The van der Waals surface area contributed by atoms with E-state index in [0.717, 1.165) is 28.4 Å². The highest BCUT2D eigenvalue weighted by Gasteiger charge is 2.78. The zero-order chi connectivity index (χ0) is 45.7. The summed E-state index contributed by atoms with van der Waals surface area (Å²) in [5.41, 5.74) is 16.9. The fourth-order valence-electron chi connectivity index (χ4n) is 11.6. The first-order valence-corrected chi connectivity index (χ1v) is 24.7. The molecular weight excluding hydrogens is 805 g/mol. The number of fused-ring (bicyclic) bond motifs is 7. The van der Waals surface area contributed by atoms with Gasteiger partial charge in [-0.3, -0.25) is 4.57 Å². The van der Waals surface area contributed by atoms with Crippen LogP contribution in [0.2, 0.25) is 0 Å². The smallest absolute Gasteiger partial charge is 0.225 e. The fourth-order valence-corrected chi connectivity index (χ4v) is 11.6. The quantitative estimate of drug-likeness (QED) is 0.0778. The highest BCUT2D eigenvalue weighted by molar-refractivity contribution is 6.09. The number of aromatic nitrogens is 2. The van der Waals surface area contributed by atoms with E-state index < -0.39 is 0 Å². The van der Waals surface area contributed by atoms with E-state index in [9.17, 15) is 0 Å². The number of pyridine rings is 1. The Labute approximate surface area is 392 Å². The predicted molar refractivity (Wildman–Crippen MR) is 277 cm³/mol. The lowest BCUT2D eigenvalue weighted by Crippen LogP contribution is -2.46. The Morgan fingerprint density at radius 1 is 0.606 bits per heavy atom. The molecule has 1 saturated carbocycles. The number of rotatable bonds is 10. The molecule has 6 aromatic carbocycles. The van der Waals surface area contributed by atoms with E-state index in [1.807, 2.05) is 6.20 Å². The fraction of sp³-hybridized carbons (Fsp3) is 0.311. The summed E-state index contributed by atoms with van der Waals surface area (Å²) in [4.78, 5) is 4.97. The molecule has 4 heterocycles. The second-order valence-corrected chi connectivity index (χ2v) is 21.4. The summed E-state index contributed by atoms with van der Waals surface area (Å²) < 4.78 is 10.9. The number of nitrogens with zero attached hydrogens (tertiary/aromatic N) is 4. The van der Waals surface area contributed by atoms with Gasteiger partial charge in [0.15, 0.2) is 18.0 Å². The Balaban J connectivity index is 1.11. The number of hydrogen-bond donors (Lipinski definition) is 0. The normalized spacial score (nSPS) is 19.4. The lowest BCUT2D eigenvalue weighted by molar-refractivity contribution is 0.421. The van der Waals surface area contributed by atoms with E-state index in [0.29, 0.717) is 32.9 Å². The molecule has 0 amide bonds. The maximum absolute atomic E-state index is 7.26. The first-order valence-electron chi connectivity index (χ1n) is 24.7. The third kappa shape index (κ3) is 6.67. The molecule has 1 saturated heterocycles. The third-order valence-corrected chi connectivity index (χ3v) is 15.2. The summed E-state index contributed by atoms with van der Waals surface area (Å²) in [5.74, 6) is 4.27. The van der Waals surface area contributed by atoms with E-state index in [-0.39, 0.29) is 5.41 Å². The van der Waals surface area contributed by atoms with Crippen LogP contribution in [-0.4, -0.2) is 9.55 Å². The van der Waals surface area contributed by atoms with Gasteiger partial charge in [-0.1, -0.05) is 136 Å². The lowest BCUT2D eigenvalue weighted by Gasteiger charge is -2.40. The molecule has 2 aromatic heterocycles. The van der Waals surface area contributed by atoms with Crippen molar-refractivity contribution >= 4 is 44.6 Å². The SMILES string of the molecule is CC(C)c1cc(C(C)C)c(-c2cc(Oc3ccc4c5ccccc5n(-c5cc(C(C)(C)C)ccn5)c4c3)cc([N+]34[CH-][N@+]3(c3cccc(C5CCCCC5)c3)c3ccccc34)c2)c(C(C)C)c1. The first kappa shape index (κ1) is 42.6. The zero-order valence-electron chi connectivity index (χ0n) is 40.4. The summed E-state index contributed by atoms with van der Waals surface area (Å²) in [7, 11) is 0. The summed E-state index contributed by atoms with van der Waals surface area (Å²) in [6, 6.07) is 50.4. The van der Waals surface area contributed by atoms with Crippen molar-refractivity contribution in [3.8, 4) is 28.4 Å². The van der Waals surface area contributed by atoms with Crippen molar-refractivity contribution in [3.05, 3.63) is 174 Å². The van der Waals surface area contributed by atoms with Gasteiger partial charge in [0.25, 0.3) is 0 Å². The van der Waals surface area contributed by atoms with Gasteiger partial charge < -0.3 is 4.74 Å². The molecule has 0 N–H and O–H groups in total. The van der Waals surface area contributed by atoms with Crippen molar-refractivity contribution in [2.45, 2.75) is 124 Å². The molecule has 0 spiro atoms. The molecule has 1 aliphatic carbocycles. The van der Waals surface area contributed by atoms with Gasteiger partial charge in [-0.15, -0.1) is 0 Å². The maximum Gasteiger partial charge on any atom is 0.225 e. The molecule has 2 fully saturated rings. The molecule has 0 radical (unpaired) electrons. The average molecular weight is 870 g/mol. The molecule has 2 atom stereocenters. The molecule has 66 heavy (non-hydrogen) atoms. The van der Waals surface area contributed by atoms with Crippen molar-refractivity contribution in [2.24, 2.45) is 0 Å². The zero-order valence-corrected chi connectivity index (χ0v) is 40.4. The minimum absolute atomic E-state index is 0.0140. The third-order valence-electron chi connectivity index (χ3n) is 15.2. The second-order valence-electron chi connectivity index (χ2n) is 21.4. The Kier molecular flexibility index (Phi) is 10.2. The maximum atomic E-state index is 7.26. The van der Waals surface area contributed by atoms with Crippen LogP contribution >= 0.6 is 0 Å². The molecule has 5 nitrogen and oxygen atoms in total. The van der Waals surface area contributed by atoms with Crippen LogP contribution in [0.4, 0.5) is 22.7 Å². The largest absolute Gasteiger partial charge is 0.457 e. The van der Waals surface area contributed by atoms with Crippen LogP contribution in [0, 0.1) is 6.67 Å². The second kappa shape index (κ2) is 15.8. The van der Waals surface area contributed by atoms with E-state index in [1.54, 1.807) is 0 Å². The number of para-hydroxylation sites is 3. The molecule has 8 aromatic rings. The first-order chi connectivity index (χ1) is 31.8. The molecule has 2 aliphatic heterocycles. The Hall–Kier alpha value is -6.01. The number of ether oxygens (including phenoxy) is 1.